The third-order valence-electron chi connectivity index (χ3n) is 3.49. The van der Waals surface area contributed by atoms with Gasteiger partial charge in [0.2, 0.25) is 0 Å². The number of nitrogens with one attached hydrogen (secondary N) is 1. The second kappa shape index (κ2) is 9.43. The highest BCUT2D eigenvalue weighted by molar-refractivity contribution is 7.07. The van der Waals surface area contributed by atoms with Crippen LogP contribution in [0.1, 0.15) is 15.9 Å². The van der Waals surface area contributed by atoms with Gasteiger partial charge in [0.15, 0.2) is 6.61 Å². The lowest BCUT2D eigenvalue weighted by Crippen LogP contribution is -2.34. The Bertz CT molecular complexity index is 837. The van der Waals surface area contributed by atoms with Crippen LogP contribution in [-0.4, -0.2) is 47.8 Å². The first-order valence-electron chi connectivity index (χ1n) is 7.80. The quantitative estimate of drug-likeness (QED) is 0.415. The molecule has 0 aliphatic heterocycles. The van der Waals surface area contributed by atoms with E-state index in [0.717, 1.165) is 11.6 Å². The van der Waals surface area contributed by atoms with Gasteiger partial charge in [0.1, 0.15) is 6.54 Å². The van der Waals surface area contributed by atoms with Gasteiger partial charge in [-0.05, 0) is 28.5 Å². The van der Waals surface area contributed by atoms with E-state index in [2.05, 4.69) is 5.32 Å². The Morgan fingerprint density at radius 3 is 2.74 bits per heavy atom. The molecule has 1 aromatic heterocycles. The van der Waals surface area contributed by atoms with Crippen molar-refractivity contribution in [3.63, 3.8) is 0 Å². The van der Waals surface area contributed by atoms with Crippen molar-refractivity contribution < 1.29 is 24.0 Å². The van der Waals surface area contributed by atoms with E-state index in [4.69, 9.17) is 4.74 Å². The Labute approximate surface area is 158 Å². The molecule has 0 radical (unpaired) electrons. The second-order valence-corrected chi connectivity index (χ2v) is 6.31. The Hall–Kier alpha value is -3.27. The third kappa shape index (κ3) is 6.19. The van der Waals surface area contributed by atoms with E-state index in [-0.39, 0.29) is 17.2 Å². The van der Waals surface area contributed by atoms with Crippen LogP contribution in [0.5, 0.6) is 0 Å². The van der Waals surface area contributed by atoms with Gasteiger partial charge in [0.25, 0.3) is 17.5 Å². The van der Waals surface area contributed by atoms with Crippen LogP contribution >= 0.6 is 11.3 Å². The van der Waals surface area contributed by atoms with Gasteiger partial charge < -0.3 is 15.0 Å². The molecule has 142 valence electrons. The first-order chi connectivity index (χ1) is 12.9. The van der Waals surface area contributed by atoms with E-state index < -0.39 is 30.0 Å². The van der Waals surface area contributed by atoms with E-state index in [1.807, 2.05) is 16.8 Å². The average Bonchev–Trinajstić information content (AvgIpc) is 3.17. The summed E-state index contributed by atoms with van der Waals surface area (Å²) >= 11 is 1.52. The van der Waals surface area contributed by atoms with Crippen LogP contribution < -0.4 is 5.32 Å². The molecule has 0 spiro atoms. The molecule has 0 fully saturated rings. The number of nitrogens with zero attached hydrogens (tertiary/aromatic N) is 2. The maximum Gasteiger partial charge on any atom is 0.325 e. The molecule has 1 N–H and O–H groups in total. The van der Waals surface area contributed by atoms with Gasteiger partial charge in [-0.3, -0.25) is 24.5 Å². The number of hydrogen-bond acceptors (Lipinski definition) is 7. The third-order valence-corrected chi connectivity index (χ3v) is 4.23. The molecular weight excluding hydrogens is 374 g/mol. The first kappa shape index (κ1) is 20.0. The van der Waals surface area contributed by atoms with Crippen molar-refractivity contribution in [2.45, 2.75) is 6.54 Å². The van der Waals surface area contributed by atoms with E-state index in [0.29, 0.717) is 6.54 Å². The summed E-state index contributed by atoms with van der Waals surface area (Å²) in [5, 5.41) is 16.8. The number of carbonyl (C=O) groups excluding carboxylic acids is 3. The Morgan fingerprint density at radius 2 is 2.07 bits per heavy atom. The molecule has 0 bridgehead atoms. The molecule has 1 heterocycles. The standard InChI is InChI=1S/C17H17N3O6S/c1-19(9-12-5-6-27-11-12)15(21)10-26-16(22)8-18-17(23)13-3-2-4-14(7-13)20(24)25/h2-7,11H,8-10H2,1H3,(H,18,23). The van der Waals surface area contributed by atoms with Gasteiger partial charge in [-0.1, -0.05) is 6.07 Å². The lowest BCUT2D eigenvalue weighted by Gasteiger charge is -2.16. The molecule has 2 rings (SSSR count). The van der Waals surface area contributed by atoms with Crippen LogP contribution in [0.25, 0.3) is 0 Å². The number of likely N-dealkylation sites (N-methyl/N-ethyl adjacent to an activating group) is 1. The molecular formula is C17H17N3O6S. The summed E-state index contributed by atoms with van der Waals surface area (Å²) in [5.74, 6) is -1.82. The number of amides is 2. The summed E-state index contributed by atoms with van der Waals surface area (Å²) in [6.07, 6.45) is 0. The topological polar surface area (TPSA) is 119 Å². The molecule has 10 heteroatoms. The van der Waals surface area contributed by atoms with Crippen LogP contribution in [0.3, 0.4) is 0 Å². The number of hydrogen-bond donors (Lipinski definition) is 1. The monoisotopic (exact) mass is 391 g/mol. The van der Waals surface area contributed by atoms with Crippen molar-refractivity contribution in [2.24, 2.45) is 0 Å². The van der Waals surface area contributed by atoms with Gasteiger partial charge in [-0.15, -0.1) is 0 Å². The summed E-state index contributed by atoms with van der Waals surface area (Å²) < 4.78 is 4.84. The lowest BCUT2D eigenvalue weighted by atomic mass is 10.2. The zero-order valence-electron chi connectivity index (χ0n) is 14.4. The highest BCUT2D eigenvalue weighted by atomic mass is 32.1. The molecule has 9 nitrogen and oxygen atoms in total. The Kier molecular flexibility index (Phi) is 7.00. The fourth-order valence-corrected chi connectivity index (χ4v) is 2.72. The zero-order valence-corrected chi connectivity index (χ0v) is 15.2. The van der Waals surface area contributed by atoms with Crippen molar-refractivity contribution >= 4 is 34.8 Å². The summed E-state index contributed by atoms with van der Waals surface area (Å²) in [6.45, 7) is -0.487. The Balaban J connectivity index is 1.75. The number of thiophene rings is 1. The summed E-state index contributed by atoms with van der Waals surface area (Å²) in [6, 6.07) is 7.00. The number of carbonyl (C=O) groups is 3. The number of nitro benzene ring substituents is 1. The molecule has 0 aliphatic rings. The van der Waals surface area contributed by atoms with Crippen LogP contribution in [-0.2, 0) is 20.9 Å². The molecule has 1 aromatic carbocycles. The van der Waals surface area contributed by atoms with Crippen LogP contribution in [0, 0.1) is 10.1 Å². The van der Waals surface area contributed by atoms with E-state index >= 15 is 0 Å². The van der Waals surface area contributed by atoms with E-state index in [1.165, 1.54) is 34.4 Å². The summed E-state index contributed by atoms with van der Waals surface area (Å²) in [7, 11) is 1.60. The van der Waals surface area contributed by atoms with Gasteiger partial charge in [-0.2, -0.15) is 11.3 Å². The van der Waals surface area contributed by atoms with Crippen LogP contribution in [0.4, 0.5) is 5.69 Å². The second-order valence-electron chi connectivity index (χ2n) is 5.53. The molecule has 0 unspecified atom stereocenters. The lowest BCUT2D eigenvalue weighted by molar-refractivity contribution is -0.384. The predicted octanol–water partition coefficient (Wildman–Crippen LogP) is 1.59. The molecule has 0 aliphatic carbocycles. The minimum Gasteiger partial charge on any atom is -0.454 e. The predicted molar refractivity (Wildman–Crippen MR) is 97.2 cm³/mol. The molecule has 0 atom stereocenters. The molecule has 27 heavy (non-hydrogen) atoms. The van der Waals surface area contributed by atoms with Crippen molar-refractivity contribution in [3.05, 3.63) is 62.3 Å². The van der Waals surface area contributed by atoms with Crippen LogP contribution in [0.15, 0.2) is 41.1 Å². The number of benzene rings is 1. The molecule has 0 saturated heterocycles. The van der Waals surface area contributed by atoms with E-state index in [9.17, 15) is 24.5 Å². The first-order valence-corrected chi connectivity index (χ1v) is 8.74. The molecule has 2 amide bonds. The van der Waals surface area contributed by atoms with Crippen molar-refractivity contribution in [3.8, 4) is 0 Å². The van der Waals surface area contributed by atoms with Gasteiger partial charge in [0.05, 0.1) is 4.92 Å². The van der Waals surface area contributed by atoms with Crippen LogP contribution in [0.2, 0.25) is 0 Å². The number of esters is 1. The highest BCUT2D eigenvalue weighted by Crippen LogP contribution is 2.12. The van der Waals surface area contributed by atoms with Crippen molar-refractivity contribution in [1.82, 2.24) is 10.2 Å². The van der Waals surface area contributed by atoms with Crippen molar-refractivity contribution in [2.75, 3.05) is 20.2 Å². The van der Waals surface area contributed by atoms with Gasteiger partial charge in [0, 0.05) is 31.3 Å². The molecule has 0 saturated carbocycles. The number of rotatable bonds is 8. The average molecular weight is 391 g/mol. The fourth-order valence-electron chi connectivity index (χ4n) is 2.06. The molecule has 2 aromatic rings. The normalized spacial score (nSPS) is 10.1. The SMILES string of the molecule is CN(Cc1ccsc1)C(=O)COC(=O)CNC(=O)c1cccc([N+](=O)[O-])c1. The minimum atomic E-state index is -0.786. The van der Waals surface area contributed by atoms with Crippen molar-refractivity contribution in [1.29, 1.82) is 0 Å². The smallest absolute Gasteiger partial charge is 0.325 e. The minimum absolute atomic E-state index is 0.0450. The van der Waals surface area contributed by atoms with E-state index in [1.54, 1.807) is 7.05 Å². The summed E-state index contributed by atoms with van der Waals surface area (Å²) in [4.78, 5) is 47.1. The highest BCUT2D eigenvalue weighted by Gasteiger charge is 2.15. The summed E-state index contributed by atoms with van der Waals surface area (Å²) in [5.41, 5.74) is 0.791. The van der Waals surface area contributed by atoms with Gasteiger partial charge >= 0.3 is 5.97 Å². The van der Waals surface area contributed by atoms with Gasteiger partial charge in [-0.25, -0.2) is 0 Å². The maximum atomic E-state index is 11.9. The number of non-ortho nitro benzene ring substituents is 1. The fraction of sp³-hybridized carbons (Fsp3) is 0.235. The largest absolute Gasteiger partial charge is 0.454 e. The maximum absolute atomic E-state index is 11.9. The number of ether oxygens (including phenoxy) is 1. The Morgan fingerprint density at radius 1 is 1.30 bits per heavy atom. The zero-order chi connectivity index (χ0) is 19.8. The number of nitro groups is 1.